The number of hydrogen-bond acceptors (Lipinski definition) is 5. The van der Waals surface area contributed by atoms with Gasteiger partial charge in [0.05, 0.1) is 12.6 Å². The van der Waals surface area contributed by atoms with E-state index < -0.39 is 0 Å². The lowest BCUT2D eigenvalue weighted by molar-refractivity contribution is 0.174. The van der Waals surface area contributed by atoms with Crippen LogP contribution in [-0.2, 0) is 6.54 Å². The molecule has 94 valence electrons. The summed E-state index contributed by atoms with van der Waals surface area (Å²) in [6.07, 6.45) is 3.24. The lowest BCUT2D eigenvalue weighted by Gasteiger charge is -2.16. The van der Waals surface area contributed by atoms with Crippen LogP contribution in [0.4, 0.5) is 0 Å². The molecule has 0 spiro atoms. The summed E-state index contributed by atoms with van der Waals surface area (Å²) >= 11 is 0. The maximum absolute atomic E-state index is 5.38. The summed E-state index contributed by atoms with van der Waals surface area (Å²) in [6, 6.07) is 6.12. The molecule has 1 aromatic heterocycles. The fourth-order valence-electron chi connectivity index (χ4n) is 2.01. The molecule has 2 aromatic rings. The van der Waals surface area contributed by atoms with Crippen LogP contribution in [0.2, 0.25) is 0 Å². The number of hydrogen-bond donors (Lipinski definition) is 1. The zero-order valence-electron chi connectivity index (χ0n) is 10.0. The third kappa shape index (κ3) is 2.02. The molecule has 0 amide bonds. The third-order valence-corrected chi connectivity index (χ3v) is 2.98. The lowest BCUT2D eigenvalue weighted by atomic mass is 10.1. The van der Waals surface area contributed by atoms with E-state index in [9.17, 15) is 0 Å². The van der Waals surface area contributed by atoms with Gasteiger partial charge in [-0.3, -0.25) is 4.68 Å². The molecule has 1 unspecified atom stereocenters. The summed E-state index contributed by atoms with van der Waals surface area (Å²) in [4.78, 5) is 3.94. The van der Waals surface area contributed by atoms with Crippen LogP contribution in [0.15, 0.2) is 30.9 Å². The highest BCUT2D eigenvalue weighted by molar-refractivity contribution is 5.45. The number of nitrogens with zero attached hydrogens (tertiary/aromatic N) is 3. The topological polar surface area (TPSA) is 61.2 Å². The molecule has 0 saturated carbocycles. The molecule has 6 heteroatoms. The Hall–Kier alpha value is -2.08. The molecule has 0 saturated heterocycles. The van der Waals surface area contributed by atoms with Crippen molar-refractivity contribution in [1.82, 2.24) is 20.1 Å². The van der Waals surface area contributed by atoms with Crippen LogP contribution in [0.25, 0.3) is 0 Å². The van der Waals surface area contributed by atoms with E-state index >= 15 is 0 Å². The van der Waals surface area contributed by atoms with Crippen LogP contribution in [0, 0.1) is 0 Å². The van der Waals surface area contributed by atoms with Crippen molar-refractivity contribution in [3.05, 3.63) is 36.4 Å². The van der Waals surface area contributed by atoms with Gasteiger partial charge in [0, 0.05) is 0 Å². The first-order chi connectivity index (χ1) is 8.86. The Kier molecular flexibility index (Phi) is 2.85. The number of rotatable bonds is 4. The van der Waals surface area contributed by atoms with Crippen LogP contribution in [-0.4, -0.2) is 28.6 Å². The van der Waals surface area contributed by atoms with E-state index in [0.29, 0.717) is 6.79 Å². The van der Waals surface area contributed by atoms with Gasteiger partial charge in [0.15, 0.2) is 11.5 Å². The maximum atomic E-state index is 5.38. The van der Waals surface area contributed by atoms with Gasteiger partial charge in [0.1, 0.15) is 12.7 Å². The van der Waals surface area contributed by atoms with Gasteiger partial charge in [-0.05, 0) is 24.7 Å². The summed E-state index contributed by atoms with van der Waals surface area (Å²) < 4.78 is 12.5. The molecule has 1 aliphatic rings. The van der Waals surface area contributed by atoms with Crippen LogP contribution in [0.1, 0.15) is 11.6 Å². The minimum absolute atomic E-state index is 0.154. The normalized spacial score (nSPS) is 14.7. The van der Waals surface area contributed by atoms with Crippen molar-refractivity contribution >= 4 is 0 Å². The summed E-state index contributed by atoms with van der Waals surface area (Å²) in [5.41, 5.74) is 1.14. The smallest absolute Gasteiger partial charge is 0.231 e. The van der Waals surface area contributed by atoms with Crippen molar-refractivity contribution in [3.8, 4) is 11.5 Å². The van der Waals surface area contributed by atoms with E-state index in [1.165, 1.54) is 6.33 Å². The van der Waals surface area contributed by atoms with E-state index in [0.717, 1.165) is 23.6 Å². The predicted octanol–water partition coefficient (Wildman–Crippen LogP) is 0.967. The van der Waals surface area contributed by atoms with Crippen molar-refractivity contribution in [2.24, 2.45) is 0 Å². The Morgan fingerprint density at radius 3 is 3.06 bits per heavy atom. The second-order valence-electron chi connectivity index (χ2n) is 4.07. The fraction of sp³-hybridized carbons (Fsp3) is 0.333. The minimum atomic E-state index is 0.154. The first-order valence-corrected chi connectivity index (χ1v) is 5.76. The quantitative estimate of drug-likeness (QED) is 0.871. The molecule has 3 rings (SSSR count). The highest BCUT2D eigenvalue weighted by Crippen LogP contribution is 2.34. The van der Waals surface area contributed by atoms with Crippen molar-refractivity contribution in [3.63, 3.8) is 0 Å². The SMILES string of the molecule is CNC(Cn1cncn1)c1ccc2c(c1)OCO2. The van der Waals surface area contributed by atoms with Crippen LogP contribution in [0.5, 0.6) is 11.5 Å². The van der Waals surface area contributed by atoms with Crippen molar-refractivity contribution in [2.45, 2.75) is 12.6 Å². The van der Waals surface area contributed by atoms with Gasteiger partial charge in [-0.25, -0.2) is 4.98 Å². The third-order valence-electron chi connectivity index (χ3n) is 2.98. The zero-order valence-corrected chi connectivity index (χ0v) is 10.0. The molecule has 1 atom stereocenters. The Bertz CT molecular complexity index is 527. The largest absolute Gasteiger partial charge is 0.454 e. The van der Waals surface area contributed by atoms with Crippen molar-refractivity contribution in [2.75, 3.05) is 13.8 Å². The van der Waals surface area contributed by atoms with Gasteiger partial charge in [0.25, 0.3) is 0 Å². The molecule has 0 radical (unpaired) electrons. The Morgan fingerprint density at radius 2 is 2.28 bits per heavy atom. The van der Waals surface area contributed by atoms with E-state index in [1.807, 2.05) is 25.2 Å². The average Bonchev–Trinajstić information content (AvgIpc) is 3.06. The van der Waals surface area contributed by atoms with Crippen LogP contribution < -0.4 is 14.8 Å². The van der Waals surface area contributed by atoms with Gasteiger partial charge in [-0.15, -0.1) is 0 Å². The first-order valence-electron chi connectivity index (χ1n) is 5.76. The molecule has 6 nitrogen and oxygen atoms in total. The molecular weight excluding hydrogens is 232 g/mol. The van der Waals surface area contributed by atoms with Gasteiger partial charge < -0.3 is 14.8 Å². The predicted molar refractivity (Wildman–Crippen MR) is 64.4 cm³/mol. The zero-order chi connectivity index (χ0) is 12.4. The molecule has 1 aromatic carbocycles. The fourth-order valence-corrected chi connectivity index (χ4v) is 2.01. The summed E-state index contributed by atoms with van der Waals surface area (Å²) in [7, 11) is 1.92. The Morgan fingerprint density at radius 1 is 1.39 bits per heavy atom. The van der Waals surface area contributed by atoms with E-state index in [2.05, 4.69) is 15.4 Å². The van der Waals surface area contributed by atoms with Gasteiger partial charge in [-0.2, -0.15) is 5.10 Å². The monoisotopic (exact) mass is 246 g/mol. The van der Waals surface area contributed by atoms with E-state index in [1.54, 1.807) is 11.0 Å². The van der Waals surface area contributed by atoms with Crippen molar-refractivity contribution in [1.29, 1.82) is 0 Å². The molecule has 0 bridgehead atoms. The highest BCUT2D eigenvalue weighted by Gasteiger charge is 2.17. The Balaban J connectivity index is 1.83. The number of likely N-dealkylation sites (N-methyl/N-ethyl adjacent to an activating group) is 1. The number of ether oxygens (including phenoxy) is 2. The average molecular weight is 246 g/mol. The van der Waals surface area contributed by atoms with Gasteiger partial charge >= 0.3 is 0 Å². The lowest BCUT2D eigenvalue weighted by Crippen LogP contribution is -2.22. The number of fused-ring (bicyclic) bond motifs is 1. The second kappa shape index (κ2) is 4.66. The number of aromatic nitrogens is 3. The molecule has 2 heterocycles. The molecule has 1 N–H and O–H groups in total. The molecule has 18 heavy (non-hydrogen) atoms. The summed E-state index contributed by atoms with van der Waals surface area (Å²) in [5, 5.41) is 7.37. The first kappa shape index (κ1) is 11.0. The molecule has 1 aliphatic heterocycles. The van der Waals surface area contributed by atoms with E-state index in [-0.39, 0.29) is 6.04 Å². The second-order valence-corrected chi connectivity index (χ2v) is 4.07. The standard InChI is InChI=1S/C12H14N4O2/c1-13-10(5-16-7-14-6-15-16)9-2-3-11-12(4-9)18-8-17-11/h2-4,6-7,10,13H,5,8H2,1H3. The highest BCUT2D eigenvalue weighted by atomic mass is 16.7. The van der Waals surface area contributed by atoms with E-state index in [4.69, 9.17) is 9.47 Å². The Labute approximate surface area is 105 Å². The molecule has 0 fully saturated rings. The molecular formula is C12H14N4O2. The minimum Gasteiger partial charge on any atom is -0.454 e. The van der Waals surface area contributed by atoms with Crippen molar-refractivity contribution < 1.29 is 9.47 Å². The number of benzene rings is 1. The van der Waals surface area contributed by atoms with Gasteiger partial charge in [0.2, 0.25) is 6.79 Å². The van der Waals surface area contributed by atoms with Crippen LogP contribution >= 0.6 is 0 Å². The van der Waals surface area contributed by atoms with Gasteiger partial charge in [-0.1, -0.05) is 6.07 Å². The summed E-state index contributed by atoms with van der Waals surface area (Å²) in [6.45, 7) is 1.02. The maximum Gasteiger partial charge on any atom is 0.231 e. The molecule has 0 aliphatic carbocycles. The summed E-state index contributed by atoms with van der Waals surface area (Å²) in [5.74, 6) is 1.60. The number of nitrogens with one attached hydrogen (secondary N) is 1. The van der Waals surface area contributed by atoms with Crippen LogP contribution in [0.3, 0.4) is 0 Å².